The van der Waals surface area contributed by atoms with Crippen LogP contribution >= 0.6 is 11.6 Å². The highest BCUT2D eigenvalue weighted by molar-refractivity contribution is 6.30. The van der Waals surface area contributed by atoms with Gasteiger partial charge in [-0.1, -0.05) is 11.6 Å². The molecule has 0 unspecified atom stereocenters. The van der Waals surface area contributed by atoms with Crippen LogP contribution in [0, 0.1) is 0 Å². The number of halogens is 1. The summed E-state index contributed by atoms with van der Waals surface area (Å²) in [6, 6.07) is 5.54. The van der Waals surface area contributed by atoms with Gasteiger partial charge in [-0.15, -0.1) is 0 Å². The van der Waals surface area contributed by atoms with Gasteiger partial charge in [0, 0.05) is 24.5 Å². The van der Waals surface area contributed by atoms with Gasteiger partial charge in [-0.05, 0) is 25.1 Å². The van der Waals surface area contributed by atoms with E-state index < -0.39 is 0 Å². The third-order valence-corrected chi connectivity index (χ3v) is 2.83. The summed E-state index contributed by atoms with van der Waals surface area (Å²) in [4.78, 5) is 4.26. The molecular weight excluding hydrogens is 250 g/mol. The monoisotopic (exact) mass is 265 g/mol. The van der Waals surface area contributed by atoms with E-state index in [1.54, 1.807) is 6.20 Å². The molecule has 0 bridgehead atoms. The van der Waals surface area contributed by atoms with E-state index >= 15 is 0 Å². The highest BCUT2D eigenvalue weighted by Gasteiger charge is 2.05. The van der Waals surface area contributed by atoms with Crippen molar-refractivity contribution in [3.63, 3.8) is 0 Å². The van der Waals surface area contributed by atoms with Crippen LogP contribution in [0.3, 0.4) is 0 Å². The maximum absolute atomic E-state index is 5.99. The van der Waals surface area contributed by atoms with E-state index in [-0.39, 0.29) is 0 Å². The standard InChI is InChI=1S/C13H16ClN3O/c1-3-18-12-5-4-10(14)8-11(12)16-9-13-15-6-7-17(13)2/h4-8,16H,3,9H2,1-2H3. The van der Waals surface area contributed by atoms with E-state index in [4.69, 9.17) is 16.3 Å². The van der Waals surface area contributed by atoms with Gasteiger partial charge in [0.15, 0.2) is 0 Å². The first-order valence-electron chi connectivity index (χ1n) is 5.83. The van der Waals surface area contributed by atoms with E-state index in [0.717, 1.165) is 17.3 Å². The number of aryl methyl sites for hydroxylation is 1. The summed E-state index contributed by atoms with van der Waals surface area (Å²) < 4.78 is 7.51. The van der Waals surface area contributed by atoms with Crippen molar-refractivity contribution in [3.8, 4) is 5.75 Å². The zero-order valence-corrected chi connectivity index (χ0v) is 11.2. The smallest absolute Gasteiger partial charge is 0.142 e. The normalized spacial score (nSPS) is 10.4. The Bertz CT molecular complexity index is 525. The fourth-order valence-electron chi connectivity index (χ4n) is 1.66. The average Bonchev–Trinajstić information content (AvgIpc) is 2.75. The van der Waals surface area contributed by atoms with Crippen molar-refractivity contribution in [3.05, 3.63) is 41.4 Å². The molecule has 5 heteroatoms. The Morgan fingerprint density at radius 3 is 2.94 bits per heavy atom. The van der Waals surface area contributed by atoms with Crippen molar-refractivity contribution in [2.75, 3.05) is 11.9 Å². The van der Waals surface area contributed by atoms with Gasteiger partial charge in [0.05, 0.1) is 18.8 Å². The number of imidazole rings is 1. The molecule has 0 aliphatic rings. The molecule has 4 nitrogen and oxygen atoms in total. The zero-order valence-electron chi connectivity index (χ0n) is 10.5. The molecular formula is C13H16ClN3O. The third-order valence-electron chi connectivity index (χ3n) is 2.60. The highest BCUT2D eigenvalue weighted by atomic mass is 35.5. The van der Waals surface area contributed by atoms with Crippen LogP contribution < -0.4 is 10.1 Å². The number of ether oxygens (including phenoxy) is 1. The van der Waals surface area contributed by atoms with Gasteiger partial charge < -0.3 is 14.6 Å². The highest BCUT2D eigenvalue weighted by Crippen LogP contribution is 2.28. The number of anilines is 1. The van der Waals surface area contributed by atoms with Gasteiger partial charge >= 0.3 is 0 Å². The van der Waals surface area contributed by atoms with E-state index in [9.17, 15) is 0 Å². The van der Waals surface area contributed by atoms with Crippen LogP contribution in [0.5, 0.6) is 5.75 Å². The zero-order chi connectivity index (χ0) is 13.0. The molecule has 0 saturated heterocycles. The summed E-state index contributed by atoms with van der Waals surface area (Å²) >= 11 is 5.99. The van der Waals surface area contributed by atoms with Crippen LogP contribution in [0.1, 0.15) is 12.7 Å². The number of hydrogen-bond acceptors (Lipinski definition) is 3. The molecule has 0 fully saturated rings. The summed E-state index contributed by atoms with van der Waals surface area (Å²) in [7, 11) is 1.96. The van der Waals surface area contributed by atoms with Crippen LogP contribution in [-0.4, -0.2) is 16.2 Å². The van der Waals surface area contributed by atoms with Gasteiger partial charge in [-0.3, -0.25) is 0 Å². The number of rotatable bonds is 5. The van der Waals surface area contributed by atoms with Crippen molar-refractivity contribution in [2.45, 2.75) is 13.5 Å². The Balaban J connectivity index is 2.12. The molecule has 0 amide bonds. The van der Waals surface area contributed by atoms with Crippen molar-refractivity contribution in [2.24, 2.45) is 7.05 Å². The van der Waals surface area contributed by atoms with Gasteiger partial charge in [-0.2, -0.15) is 0 Å². The van der Waals surface area contributed by atoms with Crippen LogP contribution in [0.15, 0.2) is 30.6 Å². The lowest BCUT2D eigenvalue weighted by Crippen LogP contribution is -2.07. The van der Waals surface area contributed by atoms with Gasteiger partial charge in [0.25, 0.3) is 0 Å². The first kappa shape index (κ1) is 12.8. The van der Waals surface area contributed by atoms with E-state index in [2.05, 4.69) is 10.3 Å². The number of hydrogen-bond donors (Lipinski definition) is 1. The Morgan fingerprint density at radius 2 is 2.28 bits per heavy atom. The molecule has 0 atom stereocenters. The lowest BCUT2D eigenvalue weighted by Gasteiger charge is -2.12. The van der Waals surface area contributed by atoms with Crippen molar-refractivity contribution >= 4 is 17.3 Å². The van der Waals surface area contributed by atoms with E-state index in [1.165, 1.54) is 0 Å². The quantitative estimate of drug-likeness (QED) is 0.903. The molecule has 2 aromatic rings. The minimum absolute atomic E-state index is 0.624. The topological polar surface area (TPSA) is 39.1 Å². The summed E-state index contributed by atoms with van der Waals surface area (Å²) in [5, 5.41) is 3.97. The molecule has 1 aromatic heterocycles. The van der Waals surface area contributed by atoms with Crippen molar-refractivity contribution in [1.29, 1.82) is 0 Å². The summed E-state index contributed by atoms with van der Waals surface area (Å²) in [6.45, 7) is 3.21. The summed E-state index contributed by atoms with van der Waals surface area (Å²) in [5.74, 6) is 1.76. The van der Waals surface area contributed by atoms with Gasteiger partial charge in [-0.25, -0.2) is 4.98 Å². The second-order valence-electron chi connectivity index (χ2n) is 3.88. The molecule has 18 heavy (non-hydrogen) atoms. The van der Waals surface area contributed by atoms with Crippen LogP contribution in [-0.2, 0) is 13.6 Å². The Kier molecular flexibility index (Phi) is 4.10. The Morgan fingerprint density at radius 1 is 1.44 bits per heavy atom. The molecule has 1 heterocycles. The molecule has 0 aliphatic heterocycles. The fourth-order valence-corrected chi connectivity index (χ4v) is 1.83. The molecule has 2 rings (SSSR count). The number of nitrogens with one attached hydrogen (secondary N) is 1. The second-order valence-corrected chi connectivity index (χ2v) is 4.32. The van der Waals surface area contributed by atoms with Gasteiger partial charge in [0.2, 0.25) is 0 Å². The second kappa shape index (κ2) is 5.78. The molecule has 0 radical (unpaired) electrons. The molecule has 96 valence electrons. The predicted molar refractivity (Wildman–Crippen MR) is 73.2 cm³/mol. The van der Waals surface area contributed by atoms with E-state index in [0.29, 0.717) is 18.2 Å². The first-order valence-corrected chi connectivity index (χ1v) is 6.21. The minimum atomic E-state index is 0.624. The number of nitrogens with zero attached hydrogens (tertiary/aromatic N) is 2. The molecule has 1 N–H and O–H groups in total. The maximum atomic E-state index is 5.99. The van der Waals surface area contributed by atoms with Crippen molar-refractivity contribution < 1.29 is 4.74 Å². The molecule has 1 aromatic carbocycles. The maximum Gasteiger partial charge on any atom is 0.142 e. The molecule has 0 aliphatic carbocycles. The molecule has 0 spiro atoms. The lowest BCUT2D eigenvalue weighted by atomic mass is 10.3. The van der Waals surface area contributed by atoms with Crippen molar-refractivity contribution in [1.82, 2.24) is 9.55 Å². The number of benzene rings is 1. The van der Waals surface area contributed by atoms with Crippen LogP contribution in [0.25, 0.3) is 0 Å². The molecule has 0 saturated carbocycles. The predicted octanol–water partition coefficient (Wildman–Crippen LogP) is 3.08. The Hall–Kier alpha value is -1.68. The first-order chi connectivity index (χ1) is 8.70. The van der Waals surface area contributed by atoms with Gasteiger partial charge in [0.1, 0.15) is 11.6 Å². The largest absolute Gasteiger partial charge is 0.492 e. The number of aromatic nitrogens is 2. The summed E-state index contributed by atoms with van der Waals surface area (Å²) in [5.41, 5.74) is 0.882. The SMILES string of the molecule is CCOc1ccc(Cl)cc1NCc1nccn1C. The lowest BCUT2D eigenvalue weighted by molar-refractivity contribution is 0.341. The van der Waals surface area contributed by atoms with Crippen LogP contribution in [0.2, 0.25) is 5.02 Å². The average molecular weight is 266 g/mol. The Labute approximate surface area is 112 Å². The minimum Gasteiger partial charge on any atom is -0.492 e. The third kappa shape index (κ3) is 2.96. The summed E-state index contributed by atoms with van der Waals surface area (Å²) in [6.07, 6.45) is 3.69. The van der Waals surface area contributed by atoms with E-state index in [1.807, 2.05) is 42.9 Å². The van der Waals surface area contributed by atoms with Crippen LogP contribution in [0.4, 0.5) is 5.69 Å². The fraction of sp³-hybridized carbons (Fsp3) is 0.308.